The summed E-state index contributed by atoms with van der Waals surface area (Å²) >= 11 is 0. The van der Waals surface area contributed by atoms with Crippen molar-refractivity contribution >= 4 is 30.7 Å². The van der Waals surface area contributed by atoms with Gasteiger partial charge in [-0.15, -0.1) is 38.0 Å². The lowest BCUT2D eigenvalue weighted by Gasteiger charge is -2.32. The summed E-state index contributed by atoms with van der Waals surface area (Å²) in [5.41, 5.74) is 2.95. The van der Waals surface area contributed by atoms with Crippen molar-refractivity contribution < 1.29 is 22.7 Å². The second-order valence-electron chi connectivity index (χ2n) is 8.21. The third kappa shape index (κ3) is 7.50. The number of alkyl halides is 3. The van der Waals surface area contributed by atoms with E-state index < -0.39 is 6.36 Å². The number of nitrogens with one attached hydrogen (secondary N) is 1. The van der Waals surface area contributed by atoms with Crippen molar-refractivity contribution in [2.75, 3.05) is 39.8 Å². The van der Waals surface area contributed by atoms with Crippen LogP contribution in [0.25, 0.3) is 11.1 Å². The Labute approximate surface area is 204 Å². The Hall–Kier alpha value is -2.00. The Morgan fingerprint density at radius 3 is 2.06 bits per heavy atom. The maximum Gasteiger partial charge on any atom is 0.573 e. The first-order valence-electron chi connectivity index (χ1n) is 10.4. The summed E-state index contributed by atoms with van der Waals surface area (Å²) in [5, 5.41) is 3.37. The van der Waals surface area contributed by atoms with Crippen LogP contribution in [0.4, 0.5) is 13.2 Å². The van der Waals surface area contributed by atoms with Gasteiger partial charge in [0.1, 0.15) is 5.75 Å². The van der Waals surface area contributed by atoms with Crippen LogP contribution in [0.2, 0.25) is 0 Å². The zero-order valence-corrected chi connectivity index (χ0v) is 19.8. The number of benzene rings is 2. The standard InChI is InChI=1S/C23H26F3N3O2.2ClH/c1-28-10-12-29(13-11-28)22(30)15-27-21-14-20(21)18-4-2-16(3-5-18)17-6-8-19(9-7-17)31-23(24,25)26;;/h2-9,20-21,27H,10-15H2,1H3;2*1H/t20?,21-;;/m0../s1. The van der Waals surface area contributed by atoms with Gasteiger partial charge in [-0.1, -0.05) is 36.4 Å². The first-order chi connectivity index (χ1) is 14.8. The van der Waals surface area contributed by atoms with Crippen LogP contribution in [0, 0.1) is 0 Å². The molecule has 0 aromatic heterocycles. The number of hydrogen-bond donors (Lipinski definition) is 1. The highest BCUT2D eigenvalue weighted by Crippen LogP contribution is 2.41. The number of ether oxygens (including phenoxy) is 1. The molecule has 5 nitrogen and oxygen atoms in total. The molecule has 0 spiro atoms. The minimum atomic E-state index is -4.69. The van der Waals surface area contributed by atoms with Crippen molar-refractivity contribution in [2.24, 2.45) is 0 Å². The molecule has 0 bridgehead atoms. The molecule has 4 rings (SSSR count). The molecule has 2 atom stereocenters. The fraction of sp³-hybridized carbons (Fsp3) is 0.435. The molecule has 1 saturated carbocycles. The average Bonchev–Trinajstić information content (AvgIpc) is 3.52. The second-order valence-corrected chi connectivity index (χ2v) is 8.21. The first-order valence-corrected chi connectivity index (χ1v) is 10.4. The van der Waals surface area contributed by atoms with Crippen LogP contribution in [0.15, 0.2) is 48.5 Å². The Morgan fingerprint density at radius 2 is 1.52 bits per heavy atom. The van der Waals surface area contributed by atoms with Crippen LogP contribution in [-0.4, -0.2) is 67.9 Å². The van der Waals surface area contributed by atoms with Crippen molar-refractivity contribution in [3.8, 4) is 16.9 Å². The van der Waals surface area contributed by atoms with E-state index in [4.69, 9.17) is 0 Å². The summed E-state index contributed by atoms with van der Waals surface area (Å²) in [6.07, 6.45) is -3.69. The Morgan fingerprint density at radius 1 is 0.970 bits per heavy atom. The van der Waals surface area contributed by atoms with Crippen molar-refractivity contribution in [3.05, 3.63) is 54.1 Å². The fourth-order valence-electron chi connectivity index (χ4n) is 3.95. The van der Waals surface area contributed by atoms with Gasteiger partial charge in [0.2, 0.25) is 5.91 Å². The van der Waals surface area contributed by atoms with E-state index >= 15 is 0 Å². The highest BCUT2D eigenvalue weighted by Gasteiger charge is 2.38. The van der Waals surface area contributed by atoms with Gasteiger partial charge in [-0.25, -0.2) is 0 Å². The Bertz CT molecular complexity index is 903. The lowest BCUT2D eigenvalue weighted by molar-refractivity contribution is -0.274. The van der Waals surface area contributed by atoms with Gasteiger partial charge in [-0.3, -0.25) is 4.79 Å². The van der Waals surface area contributed by atoms with E-state index in [0.29, 0.717) is 18.5 Å². The molecular formula is C23H28Cl2F3N3O2. The van der Waals surface area contributed by atoms with E-state index in [1.165, 1.54) is 17.7 Å². The predicted octanol–water partition coefficient (Wildman–Crippen LogP) is 4.32. The molecule has 1 saturated heterocycles. The van der Waals surface area contributed by atoms with E-state index in [1.807, 2.05) is 29.2 Å². The third-order valence-corrected chi connectivity index (χ3v) is 5.92. The molecule has 2 aromatic rings. The molecule has 1 unspecified atom stereocenters. The summed E-state index contributed by atoms with van der Waals surface area (Å²) in [5.74, 6) is 0.315. The normalized spacial score (nSPS) is 20.4. The summed E-state index contributed by atoms with van der Waals surface area (Å²) in [6, 6.07) is 14.2. The molecule has 2 aromatic carbocycles. The van der Waals surface area contributed by atoms with E-state index in [9.17, 15) is 18.0 Å². The number of rotatable bonds is 6. The number of amides is 1. The fourth-order valence-corrected chi connectivity index (χ4v) is 3.95. The zero-order chi connectivity index (χ0) is 22.0. The number of nitrogens with zero attached hydrogens (tertiary/aromatic N) is 2. The van der Waals surface area contributed by atoms with Gasteiger partial charge in [0.25, 0.3) is 0 Å². The molecule has 0 radical (unpaired) electrons. The molecule has 33 heavy (non-hydrogen) atoms. The van der Waals surface area contributed by atoms with Gasteiger partial charge in [0.15, 0.2) is 0 Å². The van der Waals surface area contributed by atoms with Gasteiger partial charge in [0.05, 0.1) is 6.54 Å². The van der Waals surface area contributed by atoms with Gasteiger partial charge >= 0.3 is 6.36 Å². The topological polar surface area (TPSA) is 44.8 Å². The molecule has 2 fully saturated rings. The van der Waals surface area contributed by atoms with Crippen LogP contribution < -0.4 is 10.1 Å². The van der Waals surface area contributed by atoms with E-state index in [-0.39, 0.29) is 36.5 Å². The molecule has 1 aliphatic carbocycles. The summed E-state index contributed by atoms with van der Waals surface area (Å²) in [7, 11) is 2.07. The smallest absolute Gasteiger partial charge is 0.406 e. The highest BCUT2D eigenvalue weighted by molar-refractivity contribution is 5.85. The summed E-state index contributed by atoms with van der Waals surface area (Å²) in [6.45, 7) is 3.78. The number of hydrogen-bond acceptors (Lipinski definition) is 4. The largest absolute Gasteiger partial charge is 0.573 e. The Kier molecular flexibility index (Phi) is 9.43. The van der Waals surface area contributed by atoms with E-state index in [0.717, 1.165) is 43.7 Å². The predicted molar refractivity (Wildman–Crippen MR) is 126 cm³/mol. The van der Waals surface area contributed by atoms with Crippen LogP contribution >= 0.6 is 24.8 Å². The number of likely N-dealkylation sites (N-methyl/N-ethyl adjacent to an activating group) is 1. The molecule has 10 heteroatoms. The quantitative estimate of drug-likeness (QED) is 0.635. The lowest BCUT2D eigenvalue weighted by Crippen LogP contribution is -2.49. The SMILES string of the molecule is CN1CCN(C(=O)CN[C@H]2CC2c2ccc(-c3ccc(OC(F)(F)F)cc3)cc2)CC1.Cl.Cl. The molecule has 1 N–H and O–H groups in total. The van der Waals surface area contributed by atoms with Crippen LogP contribution in [-0.2, 0) is 4.79 Å². The van der Waals surface area contributed by atoms with Crippen LogP contribution in [0.1, 0.15) is 17.9 Å². The average molecular weight is 506 g/mol. The molecule has 2 aliphatic rings. The van der Waals surface area contributed by atoms with Gasteiger partial charge < -0.3 is 19.9 Å². The molecular weight excluding hydrogens is 478 g/mol. The zero-order valence-electron chi connectivity index (χ0n) is 18.2. The number of carbonyl (C=O) groups is 1. The maximum atomic E-state index is 12.4. The van der Waals surface area contributed by atoms with Crippen molar-refractivity contribution in [1.82, 2.24) is 15.1 Å². The van der Waals surface area contributed by atoms with Gasteiger partial charge in [-0.05, 0) is 42.3 Å². The minimum Gasteiger partial charge on any atom is -0.406 e. The number of piperazine rings is 1. The molecule has 1 heterocycles. The van der Waals surface area contributed by atoms with E-state index in [2.05, 4.69) is 22.0 Å². The molecule has 1 amide bonds. The summed E-state index contributed by atoms with van der Waals surface area (Å²) in [4.78, 5) is 16.5. The molecule has 182 valence electrons. The number of halogens is 5. The first kappa shape index (κ1) is 27.2. The van der Waals surface area contributed by atoms with E-state index in [1.54, 1.807) is 12.1 Å². The number of carbonyl (C=O) groups excluding carboxylic acids is 1. The lowest BCUT2D eigenvalue weighted by atomic mass is 10.0. The maximum absolute atomic E-state index is 12.4. The molecule has 1 aliphatic heterocycles. The monoisotopic (exact) mass is 505 g/mol. The van der Waals surface area contributed by atoms with Gasteiger partial charge in [0, 0.05) is 38.1 Å². The second kappa shape index (κ2) is 11.4. The Balaban J connectivity index is 0.00000193. The summed E-state index contributed by atoms with van der Waals surface area (Å²) < 4.78 is 40.8. The van der Waals surface area contributed by atoms with Gasteiger partial charge in [-0.2, -0.15) is 0 Å². The van der Waals surface area contributed by atoms with Crippen molar-refractivity contribution in [1.29, 1.82) is 0 Å². The minimum absolute atomic E-state index is 0. The highest BCUT2D eigenvalue weighted by atomic mass is 35.5. The third-order valence-electron chi connectivity index (χ3n) is 5.92. The van der Waals surface area contributed by atoms with Crippen molar-refractivity contribution in [3.63, 3.8) is 0 Å². The van der Waals surface area contributed by atoms with Crippen LogP contribution in [0.5, 0.6) is 5.75 Å². The van der Waals surface area contributed by atoms with Crippen LogP contribution in [0.3, 0.4) is 0 Å². The van der Waals surface area contributed by atoms with Crippen molar-refractivity contribution in [2.45, 2.75) is 24.7 Å².